The lowest BCUT2D eigenvalue weighted by molar-refractivity contribution is -0.361. The van der Waals surface area contributed by atoms with Crippen LogP contribution < -0.4 is 0 Å². The Balaban J connectivity index is 0.000000220. The Morgan fingerprint density at radius 1 is 0.727 bits per heavy atom. The molecule has 0 N–H and O–H groups in total. The van der Waals surface area contributed by atoms with Crippen molar-refractivity contribution in [1.82, 2.24) is 0 Å². The molecule has 132 valence electrons. The van der Waals surface area contributed by atoms with Crippen LogP contribution in [-0.2, 0) is 28.4 Å². The largest absolute Gasteiger partial charge is 0.333 e. The lowest BCUT2D eigenvalue weighted by atomic mass is 10.0. The molecule has 0 bridgehead atoms. The average Bonchev–Trinajstić information content (AvgIpc) is 2.34. The molecule has 2 aliphatic heterocycles. The molecule has 0 aromatic carbocycles. The van der Waals surface area contributed by atoms with E-state index in [1.165, 1.54) is 0 Å². The number of hydrogen-bond acceptors (Lipinski definition) is 6. The first-order valence-corrected chi connectivity index (χ1v) is 7.79. The number of hydrogen-bond donors (Lipinski definition) is 0. The molecule has 0 spiro atoms. The van der Waals surface area contributed by atoms with E-state index in [0.717, 1.165) is 12.8 Å². The van der Waals surface area contributed by atoms with Gasteiger partial charge in [0.05, 0.1) is 23.4 Å². The van der Waals surface area contributed by atoms with Crippen molar-refractivity contribution in [2.45, 2.75) is 90.7 Å². The first kappa shape index (κ1) is 19.8. The molecular weight excluding hydrogens is 288 g/mol. The molecule has 2 aliphatic rings. The molecule has 0 aromatic heterocycles. The summed E-state index contributed by atoms with van der Waals surface area (Å²) in [5.41, 5.74) is -0.253. The Hall–Kier alpha value is -0.240. The zero-order chi connectivity index (χ0) is 17.0. The molecule has 6 nitrogen and oxygen atoms in total. The average molecular weight is 320 g/mol. The second-order valence-corrected chi connectivity index (χ2v) is 7.11. The molecule has 0 aromatic rings. The maximum absolute atomic E-state index is 5.45. The van der Waals surface area contributed by atoms with Crippen LogP contribution in [0.25, 0.3) is 0 Å². The Kier molecular flexibility index (Phi) is 7.23. The number of rotatable bonds is 2. The fourth-order valence-corrected chi connectivity index (χ4v) is 2.74. The maximum atomic E-state index is 5.45. The predicted molar refractivity (Wildman–Crippen MR) is 82.3 cm³/mol. The highest BCUT2D eigenvalue weighted by atomic mass is 16.9. The molecule has 0 aliphatic carbocycles. The van der Waals surface area contributed by atoms with E-state index in [4.69, 9.17) is 28.4 Å². The van der Waals surface area contributed by atoms with E-state index in [0.29, 0.717) is 0 Å². The molecule has 2 rings (SSSR count). The molecule has 0 saturated carbocycles. The zero-order valence-corrected chi connectivity index (χ0v) is 15.2. The summed E-state index contributed by atoms with van der Waals surface area (Å²) in [5.74, 6) is 0. The monoisotopic (exact) mass is 320 g/mol. The van der Waals surface area contributed by atoms with Crippen molar-refractivity contribution in [3.8, 4) is 0 Å². The quantitative estimate of drug-likeness (QED) is 0.779. The highest BCUT2D eigenvalue weighted by Crippen LogP contribution is 2.28. The van der Waals surface area contributed by atoms with Gasteiger partial charge in [-0.3, -0.25) is 0 Å². The van der Waals surface area contributed by atoms with Crippen molar-refractivity contribution in [1.29, 1.82) is 0 Å². The molecule has 2 heterocycles. The van der Waals surface area contributed by atoms with Gasteiger partial charge in [-0.1, -0.05) is 0 Å². The van der Waals surface area contributed by atoms with Crippen molar-refractivity contribution in [3.63, 3.8) is 0 Å². The lowest BCUT2D eigenvalue weighted by Crippen LogP contribution is -2.43. The van der Waals surface area contributed by atoms with Crippen LogP contribution in [-0.4, -0.2) is 50.6 Å². The summed E-state index contributed by atoms with van der Waals surface area (Å²) in [6, 6.07) is 0. The number of ether oxygens (including phenoxy) is 6. The predicted octanol–water partition coefficient (Wildman–Crippen LogP) is 3.04. The van der Waals surface area contributed by atoms with Crippen LogP contribution in [0.1, 0.15) is 54.4 Å². The molecule has 4 unspecified atom stereocenters. The van der Waals surface area contributed by atoms with E-state index in [2.05, 4.69) is 0 Å². The summed E-state index contributed by atoms with van der Waals surface area (Å²) in [7, 11) is 3.16. The SMILES string of the molecule is COC1OC(C)CC(C)(C)O1.COC1OC(C)CC(C)(C)O1. The summed E-state index contributed by atoms with van der Waals surface area (Å²) in [5, 5.41) is 0. The normalized spacial score (nSPS) is 37.1. The van der Waals surface area contributed by atoms with Crippen LogP contribution in [0.3, 0.4) is 0 Å². The van der Waals surface area contributed by atoms with Crippen molar-refractivity contribution < 1.29 is 28.4 Å². The Morgan fingerprint density at radius 2 is 1.05 bits per heavy atom. The van der Waals surface area contributed by atoms with Gasteiger partial charge in [0.2, 0.25) is 0 Å². The molecule has 6 heteroatoms. The molecule has 22 heavy (non-hydrogen) atoms. The third kappa shape index (κ3) is 6.89. The molecule has 4 atom stereocenters. The molecule has 0 radical (unpaired) electrons. The van der Waals surface area contributed by atoms with Gasteiger partial charge in [0, 0.05) is 27.1 Å². The van der Waals surface area contributed by atoms with Crippen LogP contribution in [0.4, 0.5) is 0 Å². The Morgan fingerprint density at radius 3 is 1.27 bits per heavy atom. The van der Waals surface area contributed by atoms with E-state index in [1.54, 1.807) is 14.2 Å². The molecule has 2 fully saturated rings. The fraction of sp³-hybridized carbons (Fsp3) is 1.00. The van der Waals surface area contributed by atoms with Gasteiger partial charge in [-0.2, -0.15) is 0 Å². The van der Waals surface area contributed by atoms with Crippen molar-refractivity contribution in [2.24, 2.45) is 0 Å². The zero-order valence-electron chi connectivity index (χ0n) is 15.2. The van der Waals surface area contributed by atoms with E-state index in [1.807, 2.05) is 41.5 Å². The van der Waals surface area contributed by atoms with Gasteiger partial charge >= 0.3 is 0 Å². The Labute approximate surface area is 134 Å². The van der Waals surface area contributed by atoms with Gasteiger partial charge in [-0.15, -0.1) is 0 Å². The summed E-state index contributed by atoms with van der Waals surface area (Å²) < 4.78 is 31.5. The summed E-state index contributed by atoms with van der Waals surface area (Å²) in [6.07, 6.45) is 2.24. The minimum atomic E-state index is -0.492. The van der Waals surface area contributed by atoms with Crippen LogP contribution in [0, 0.1) is 0 Å². The van der Waals surface area contributed by atoms with Gasteiger partial charge in [-0.25, -0.2) is 0 Å². The van der Waals surface area contributed by atoms with Crippen molar-refractivity contribution in [2.75, 3.05) is 14.2 Å². The minimum absolute atomic E-state index is 0.127. The maximum Gasteiger partial charge on any atom is 0.272 e. The van der Waals surface area contributed by atoms with Gasteiger partial charge < -0.3 is 28.4 Å². The van der Waals surface area contributed by atoms with Gasteiger partial charge in [0.25, 0.3) is 13.0 Å². The van der Waals surface area contributed by atoms with Crippen LogP contribution in [0.2, 0.25) is 0 Å². The number of methoxy groups -OCH3 is 2. The highest BCUT2D eigenvalue weighted by Gasteiger charge is 2.34. The van der Waals surface area contributed by atoms with E-state index < -0.39 is 13.0 Å². The highest BCUT2D eigenvalue weighted by molar-refractivity contribution is 4.76. The van der Waals surface area contributed by atoms with Gasteiger partial charge in [0.15, 0.2) is 0 Å². The first-order chi connectivity index (χ1) is 10.1. The van der Waals surface area contributed by atoms with Gasteiger partial charge in [-0.05, 0) is 41.5 Å². The summed E-state index contributed by atoms with van der Waals surface area (Å²) in [4.78, 5) is 0. The van der Waals surface area contributed by atoms with E-state index in [-0.39, 0.29) is 23.4 Å². The summed E-state index contributed by atoms with van der Waals surface area (Å²) >= 11 is 0. The second kappa shape index (κ2) is 8.04. The molecular formula is C16H32O6. The first-order valence-electron chi connectivity index (χ1n) is 7.79. The minimum Gasteiger partial charge on any atom is -0.333 e. The fourth-order valence-electron chi connectivity index (χ4n) is 2.74. The van der Waals surface area contributed by atoms with Crippen molar-refractivity contribution >= 4 is 0 Å². The van der Waals surface area contributed by atoms with Crippen LogP contribution >= 0.6 is 0 Å². The second-order valence-electron chi connectivity index (χ2n) is 7.11. The van der Waals surface area contributed by atoms with Crippen LogP contribution in [0.15, 0.2) is 0 Å². The van der Waals surface area contributed by atoms with Crippen molar-refractivity contribution in [3.05, 3.63) is 0 Å². The standard InChI is InChI=1S/2C8H16O3/c2*1-6-5-8(2,3)11-7(9-4)10-6/h2*6-7H,5H2,1-4H3. The molecule has 0 amide bonds. The van der Waals surface area contributed by atoms with E-state index >= 15 is 0 Å². The third-order valence-corrected chi connectivity index (χ3v) is 3.46. The molecule has 2 saturated heterocycles. The van der Waals surface area contributed by atoms with Gasteiger partial charge in [0.1, 0.15) is 0 Å². The summed E-state index contributed by atoms with van der Waals surface area (Å²) in [6.45, 7) is 11.2. The smallest absolute Gasteiger partial charge is 0.272 e. The lowest BCUT2D eigenvalue weighted by Gasteiger charge is -2.38. The van der Waals surface area contributed by atoms with Crippen LogP contribution in [0.5, 0.6) is 0 Å². The Bertz CT molecular complexity index is 299. The third-order valence-electron chi connectivity index (χ3n) is 3.46. The van der Waals surface area contributed by atoms with E-state index in [9.17, 15) is 0 Å². The topological polar surface area (TPSA) is 55.4 Å².